The summed E-state index contributed by atoms with van der Waals surface area (Å²) < 4.78 is 12.7. The van der Waals surface area contributed by atoms with Gasteiger partial charge in [0, 0.05) is 56.3 Å². The van der Waals surface area contributed by atoms with Crippen LogP contribution in [0, 0.1) is 5.92 Å². The van der Waals surface area contributed by atoms with E-state index in [0.717, 1.165) is 24.8 Å². The van der Waals surface area contributed by atoms with Crippen molar-refractivity contribution in [1.82, 2.24) is 14.8 Å². The number of carbonyl (C=O) groups excluding carboxylic acids is 3. The van der Waals surface area contributed by atoms with Gasteiger partial charge in [0.2, 0.25) is 5.91 Å². The highest BCUT2D eigenvalue weighted by Crippen LogP contribution is 2.29. The van der Waals surface area contributed by atoms with E-state index in [4.69, 9.17) is 9.47 Å². The molecule has 0 aliphatic carbocycles. The van der Waals surface area contributed by atoms with Gasteiger partial charge in [-0.15, -0.1) is 0 Å². The number of hydrogen-bond donors (Lipinski definition) is 2. The third kappa shape index (κ3) is 9.61. The maximum atomic E-state index is 14.3. The average molecular weight is 631 g/mol. The normalized spacial score (nSPS) is 20.1. The van der Waals surface area contributed by atoms with E-state index in [0.29, 0.717) is 36.6 Å². The quantitative estimate of drug-likeness (QED) is 0.366. The first kappa shape index (κ1) is 34.6. The molecule has 2 heterocycles. The molecule has 0 saturated carbocycles. The number of carbonyl (C=O) groups is 3. The molecular formula is C36H46N4O6. The average Bonchev–Trinajstić information content (AvgIpc) is 3.06. The molecule has 1 aliphatic rings. The Hall–Kier alpha value is -4.28. The van der Waals surface area contributed by atoms with Crippen molar-refractivity contribution in [3.63, 3.8) is 0 Å². The van der Waals surface area contributed by atoms with Crippen LogP contribution in [0.15, 0.2) is 73.1 Å². The molecule has 0 fully saturated rings. The molecule has 4 atom stereocenters. The lowest BCUT2D eigenvalue weighted by molar-refractivity contribution is -0.131. The summed E-state index contributed by atoms with van der Waals surface area (Å²) in [5, 5.41) is 13.1. The second-order valence-corrected chi connectivity index (χ2v) is 12.1. The molecule has 1 aromatic heterocycles. The summed E-state index contributed by atoms with van der Waals surface area (Å²) in [6.07, 6.45) is 5.30. The summed E-state index contributed by atoms with van der Waals surface area (Å²) in [6, 6.07) is 17.4. The number of likely N-dealkylation sites (N-methyl/N-ethyl adjacent to an activating group) is 1. The van der Waals surface area contributed by atoms with Gasteiger partial charge in [-0.2, -0.15) is 0 Å². The molecule has 2 aromatic carbocycles. The molecule has 3 aromatic rings. The number of fused-ring (bicyclic) bond motifs is 1. The third-order valence-corrected chi connectivity index (χ3v) is 8.33. The smallest absolute Gasteiger partial charge is 0.258 e. The van der Waals surface area contributed by atoms with Crippen LogP contribution < -0.4 is 10.1 Å². The number of nitrogens with one attached hydrogen (secondary N) is 1. The van der Waals surface area contributed by atoms with Gasteiger partial charge >= 0.3 is 0 Å². The van der Waals surface area contributed by atoms with Crippen LogP contribution in [-0.2, 0) is 16.0 Å². The van der Waals surface area contributed by atoms with Gasteiger partial charge in [0.05, 0.1) is 36.8 Å². The number of hydrogen-bond acceptors (Lipinski definition) is 7. The van der Waals surface area contributed by atoms with Crippen LogP contribution in [0.2, 0.25) is 0 Å². The highest BCUT2D eigenvalue weighted by atomic mass is 16.5. The molecule has 10 nitrogen and oxygen atoms in total. The summed E-state index contributed by atoms with van der Waals surface area (Å²) >= 11 is 0. The zero-order chi connectivity index (χ0) is 33.1. The van der Waals surface area contributed by atoms with E-state index in [1.54, 1.807) is 66.5 Å². The van der Waals surface area contributed by atoms with Crippen LogP contribution in [0.25, 0.3) is 0 Å². The number of amides is 3. The minimum absolute atomic E-state index is 0.0145. The van der Waals surface area contributed by atoms with E-state index < -0.39 is 6.04 Å². The first-order valence-electron chi connectivity index (χ1n) is 16.0. The number of aliphatic hydroxyl groups excluding tert-OH is 1. The Labute approximate surface area is 271 Å². The first-order chi connectivity index (χ1) is 22.2. The SMILES string of the molecule is C[C@@H]1CCCCO[C@@H](CN(C)C(=O)Cc2ccccc2)[C@H](C)CN([C@@H](C)CO)C(=O)c2cc(NC(=O)c3ccncc3)ccc2O1. The second-order valence-electron chi connectivity index (χ2n) is 12.1. The van der Waals surface area contributed by atoms with Crippen molar-refractivity contribution in [2.24, 2.45) is 5.92 Å². The van der Waals surface area contributed by atoms with Gasteiger partial charge in [-0.1, -0.05) is 37.3 Å². The Morgan fingerprint density at radius 2 is 1.83 bits per heavy atom. The van der Waals surface area contributed by atoms with Crippen molar-refractivity contribution in [2.45, 2.75) is 64.7 Å². The zero-order valence-corrected chi connectivity index (χ0v) is 27.2. The number of aliphatic hydroxyl groups is 1. The van der Waals surface area contributed by atoms with E-state index in [1.165, 1.54) is 0 Å². The lowest BCUT2D eigenvalue weighted by atomic mass is 10.0. The van der Waals surface area contributed by atoms with Crippen LogP contribution in [-0.4, -0.2) is 89.2 Å². The molecule has 2 N–H and O–H groups in total. The number of nitrogens with zero attached hydrogens (tertiary/aromatic N) is 3. The minimum Gasteiger partial charge on any atom is -0.490 e. The lowest BCUT2D eigenvalue weighted by Crippen LogP contribution is -2.48. The molecular weight excluding hydrogens is 584 g/mol. The predicted molar refractivity (Wildman–Crippen MR) is 177 cm³/mol. The van der Waals surface area contributed by atoms with Crippen molar-refractivity contribution in [3.8, 4) is 5.75 Å². The van der Waals surface area contributed by atoms with Gasteiger partial charge in [-0.25, -0.2) is 0 Å². The Balaban J connectivity index is 1.60. The van der Waals surface area contributed by atoms with Gasteiger partial charge in [0.25, 0.3) is 11.8 Å². The topological polar surface area (TPSA) is 121 Å². The maximum absolute atomic E-state index is 14.3. The van der Waals surface area contributed by atoms with Gasteiger partial charge in [0.1, 0.15) is 5.75 Å². The number of rotatable bonds is 8. The van der Waals surface area contributed by atoms with Crippen molar-refractivity contribution in [3.05, 3.63) is 89.7 Å². The molecule has 1 aliphatic heterocycles. The number of ether oxygens (including phenoxy) is 2. The molecule has 0 unspecified atom stereocenters. The summed E-state index contributed by atoms with van der Waals surface area (Å²) in [5.41, 5.74) is 2.11. The van der Waals surface area contributed by atoms with E-state index in [9.17, 15) is 19.5 Å². The Morgan fingerprint density at radius 3 is 2.54 bits per heavy atom. The summed E-state index contributed by atoms with van der Waals surface area (Å²) in [4.78, 5) is 47.6. The monoisotopic (exact) mass is 630 g/mol. The molecule has 3 amide bonds. The molecule has 46 heavy (non-hydrogen) atoms. The second kappa shape index (κ2) is 16.9. The highest BCUT2D eigenvalue weighted by molar-refractivity contribution is 6.05. The summed E-state index contributed by atoms with van der Waals surface area (Å²) in [6.45, 7) is 6.66. The van der Waals surface area contributed by atoms with Gasteiger partial charge in [0.15, 0.2) is 0 Å². The maximum Gasteiger partial charge on any atom is 0.258 e. The number of aromatic nitrogens is 1. The van der Waals surface area contributed by atoms with Gasteiger partial charge in [-0.05, 0) is 69.0 Å². The van der Waals surface area contributed by atoms with Gasteiger partial charge in [-0.3, -0.25) is 19.4 Å². The van der Waals surface area contributed by atoms with E-state index in [2.05, 4.69) is 10.3 Å². The zero-order valence-electron chi connectivity index (χ0n) is 27.2. The van der Waals surface area contributed by atoms with Gasteiger partial charge < -0.3 is 29.7 Å². The highest BCUT2D eigenvalue weighted by Gasteiger charge is 2.31. The molecule has 0 saturated heterocycles. The Bertz CT molecular complexity index is 1440. The summed E-state index contributed by atoms with van der Waals surface area (Å²) in [5.74, 6) is -0.437. The number of benzene rings is 2. The number of pyridine rings is 1. The van der Waals surface area contributed by atoms with E-state index in [1.807, 2.05) is 44.2 Å². The Morgan fingerprint density at radius 1 is 1.09 bits per heavy atom. The predicted octanol–water partition coefficient (Wildman–Crippen LogP) is 4.83. The fourth-order valence-electron chi connectivity index (χ4n) is 5.45. The Kier molecular flexibility index (Phi) is 12.7. The summed E-state index contributed by atoms with van der Waals surface area (Å²) in [7, 11) is 1.78. The van der Waals surface area contributed by atoms with Crippen LogP contribution >= 0.6 is 0 Å². The third-order valence-electron chi connectivity index (χ3n) is 8.33. The van der Waals surface area contributed by atoms with Crippen molar-refractivity contribution < 1.29 is 29.0 Å². The number of anilines is 1. The molecule has 246 valence electrons. The fraction of sp³-hybridized carbons (Fsp3) is 0.444. The van der Waals surface area contributed by atoms with E-state index in [-0.39, 0.29) is 54.6 Å². The van der Waals surface area contributed by atoms with Crippen LogP contribution in [0.4, 0.5) is 5.69 Å². The first-order valence-corrected chi connectivity index (χ1v) is 16.0. The van der Waals surface area contributed by atoms with Crippen LogP contribution in [0.5, 0.6) is 5.75 Å². The lowest BCUT2D eigenvalue weighted by Gasteiger charge is -2.36. The molecule has 0 radical (unpaired) electrons. The van der Waals surface area contributed by atoms with Crippen LogP contribution in [0.1, 0.15) is 66.3 Å². The molecule has 10 heteroatoms. The molecule has 0 spiro atoms. The standard InChI is InChI=1S/C36H46N4O6/c1-25-22-40(26(2)24-41)36(44)31-21-30(38-35(43)29-15-17-37-18-16-29)13-14-32(31)46-27(3)10-8-9-19-45-33(25)23-39(4)34(42)20-28-11-6-5-7-12-28/h5-7,11-18,21,25-27,33,41H,8-10,19-20,22-24H2,1-4H3,(H,38,43)/t25-,26+,27-,33+/m1/s1. The fourth-order valence-corrected chi connectivity index (χ4v) is 5.45. The minimum atomic E-state index is -0.513. The van der Waals surface area contributed by atoms with Crippen molar-refractivity contribution >= 4 is 23.4 Å². The van der Waals surface area contributed by atoms with E-state index >= 15 is 0 Å². The van der Waals surface area contributed by atoms with Crippen molar-refractivity contribution in [1.29, 1.82) is 0 Å². The van der Waals surface area contributed by atoms with Crippen molar-refractivity contribution in [2.75, 3.05) is 38.7 Å². The largest absolute Gasteiger partial charge is 0.490 e. The molecule has 0 bridgehead atoms. The molecule has 4 rings (SSSR count). The van der Waals surface area contributed by atoms with Crippen LogP contribution in [0.3, 0.4) is 0 Å².